The minimum atomic E-state index is -0.958. The van der Waals surface area contributed by atoms with Crippen LogP contribution in [0.2, 0.25) is 0 Å². The van der Waals surface area contributed by atoms with Crippen molar-refractivity contribution >= 4 is 11.8 Å². The summed E-state index contributed by atoms with van der Waals surface area (Å²) >= 11 is 0. The number of fused-ring (bicyclic) bond motifs is 1. The van der Waals surface area contributed by atoms with Crippen molar-refractivity contribution in [2.24, 2.45) is 22.7 Å². The van der Waals surface area contributed by atoms with Crippen molar-refractivity contribution in [1.82, 2.24) is 0 Å². The molecule has 0 heterocycles. The molecule has 0 unspecified atom stereocenters. The lowest BCUT2D eigenvalue weighted by Crippen LogP contribution is -2.55. The van der Waals surface area contributed by atoms with Gasteiger partial charge in [0, 0.05) is 12.8 Å². The van der Waals surface area contributed by atoms with Crippen LogP contribution >= 0.6 is 0 Å². The number of carboxylic acids is 1. The summed E-state index contributed by atoms with van der Waals surface area (Å²) in [5.41, 5.74) is 0.974. The third-order valence-corrected chi connectivity index (χ3v) is 6.24. The second kappa shape index (κ2) is 6.10. The summed E-state index contributed by atoms with van der Waals surface area (Å²) in [6, 6.07) is 0. The van der Waals surface area contributed by atoms with Crippen LogP contribution in [0.5, 0.6) is 0 Å². The molecule has 0 aromatic heterocycles. The van der Waals surface area contributed by atoms with E-state index in [1.165, 1.54) is 0 Å². The van der Waals surface area contributed by atoms with Crippen molar-refractivity contribution in [1.29, 1.82) is 0 Å². The van der Waals surface area contributed by atoms with Gasteiger partial charge in [0.15, 0.2) is 0 Å². The molecule has 0 amide bonds. The van der Waals surface area contributed by atoms with E-state index in [-0.39, 0.29) is 29.5 Å². The average molecular weight is 316 g/mol. The number of aliphatic carboxylic acids is 1. The zero-order valence-corrected chi connectivity index (χ0v) is 14.5. The van der Waals surface area contributed by atoms with Crippen molar-refractivity contribution in [3.05, 3.63) is 36.5 Å². The van der Waals surface area contributed by atoms with Gasteiger partial charge >= 0.3 is 5.97 Å². The SMILES string of the molecule is C=C/C(C)=C\C[C@@H]1C(=C)CC[C@H]2[C@@]1(C)CC(=O)C[C@]2(C)C(=O)O. The standard InChI is InChI=1S/C20H28O3/c1-6-13(2)7-9-16-14(3)8-10-17-19(16,4)11-15(21)12-20(17,5)18(22)23/h6-7,16-17H,1,3,8-12H2,2,4-5H3,(H,22,23)/b13-7-/t16-,17+,19+,20+/m1/s1. The highest BCUT2D eigenvalue weighted by Gasteiger charge is 2.59. The van der Waals surface area contributed by atoms with Gasteiger partial charge in [-0.15, -0.1) is 0 Å². The molecule has 0 radical (unpaired) electrons. The number of rotatable bonds is 4. The summed E-state index contributed by atoms with van der Waals surface area (Å²) in [5.74, 6) is -0.610. The van der Waals surface area contributed by atoms with Gasteiger partial charge in [0.2, 0.25) is 0 Å². The molecule has 3 nitrogen and oxygen atoms in total. The second-order valence-electron chi connectivity index (χ2n) is 7.81. The van der Waals surface area contributed by atoms with Gasteiger partial charge in [-0.2, -0.15) is 0 Å². The van der Waals surface area contributed by atoms with E-state index in [4.69, 9.17) is 0 Å². The molecule has 23 heavy (non-hydrogen) atoms. The number of Topliss-reactive ketones (excluding diaryl/α,β-unsaturated/α-hetero) is 1. The van der Waals surface area contributed by atoms with Crippen LogP contribution in [-0.4, -0.2) is 16.9 Å². The maximum Gasteiger partial charge on any atom is 0.310 e. The first-order valence-corrected chi connectivity index (χ1v) is 8.37. The molecular formula is C20H28O3. The minimum absolute atomic E-state index is 0.0122. The fourth-order valence-electron chi connectivity index (χ4n) is 4.90. The molecule has 2 fully saturated rings. The number of allylic oxidation sites excluding steroid dienone is 4. The molecular weight excluding hydrogens is 288 g/mol. The van der Waals surface area contributed by atoms with E-state index in [0.717, 1.165) is 30.4 Å². The van der Waals surface area contributed by atoms with Crippen molar-refractivity contribution in [2.45, 2.75) is 52.9 Å². The normalized spacial score (nSPS) is 38.1. The Labute approximate surface area is 139 Å². The Morgan fingerprint density at radius 2 is 2.04 bits per heavy atom. The highest BCUT2D eigenvalue weighted by molar-refractivity contribution is 5.88. The number of hydrogen-bond acceptors (Lipinski definition) is 2. The van der Waals surface area contributed by atoms with Gasteiger partial charge in [0.25, 0.3) is 0 Å². The lowest BCUT2D eigenvalue weighted by atomic mass is 9.46. The molecule has 0 spiro atoms. The number of carbonyl (C=O) groups excluding carboxylic acids is 1. The van der Waals surface area contributed by atoms with Gasteiger partial charge in [-0.25, -0.2) is 0 Å². The summed E-state index contributed by atoms with van der Waals surface area (Å²) in [5, 5.41) is 9.78. The number of ketones is 1. The fraction of sp³-hybridized carbons (Fsp3) is 0.600. The topological polar surface area (TPSA) is 54.4 Å². The van der Waals surface area contributed by atoms with E-state index in [2.05, 4.69) is 26.2 Å². The molecule has 0 aliphatic heterocycles. The van der Waals surface area contributed by atoms with Crippen LogP contribution in [0.25, 0.3) is 0 Å². The maximum absolute atomic E-state index is 12.4. The van der Waals surface area contributed by atoms with E-state index >= 15 is 0 Å². The number of carboxylic acid groups (broad SMARTS) is 1. The van der Waals surface area contributed by atoms with Crippen LogP contribution in [0.15, 0.2) is 36.5 Å². The third-order valence-electron chi connectivity index (χ3n) is 6.24. The summed E-state index contributed by atoms with van der Waals surface area (Å²) in [6.45, 7) is 13.9. The van der Waals surface area contributed by atoms with E-state index in [1.54, 1.807) is 6.92 Å². The Hall–Kier alpha value is -1.64. The van der Waals surface area contributed by atoms with Crippen LogP contribution < -0.4 is 0 Å². The fourth-order valence-corrected chi connectivity index (χ4v) is 4.90. The van der Waals surface area contributed by atoms with Gasteiger partial charge in [-0.1, -0.05) is 43.4 Å². The Kier molecular flexibility index (Phi) is 4.70. The number of carbonyl (C=O) groups is 2. The molecule has 3 heteroatoms. The molecule has 126 valence electrons. The molecule has 0 bridgehead atoms. The van der Waals surface area contributed by atoms with Crippen LogP contribution in [-0.2, 0) is 9.59 Å². The van der Waals surface area contributed by atoms with Crippen molar-refractivity contribution < 1.29 is 14.7 Å². The predicted octanol–water partition coefficient (Wildman–Crippen LogP) is 4.55. The van der Waals surface area contributed by atoms with E-state index in [1.807, 2.05) is 13.0 Å². The van der Waals surface area contributed by atoms with Crippen molar-refractivity contribution in [3.8, 4) is 0 Å². The summed E-state index contributed by atoms with van der Waals surface area (Å²) < 4.78 is 0. The van der Waals surface area contributed by atoms with Crippen molar-refractivity contribution in [2.75, 3.05) is 0 Å². The Balaban J connectivity index is 2.44. The molecule has 4 atom stereocenters. The lowest BCUT2D eigenvalue weighted by Gasteiger charge is -2.56. The molecule has 1 N–H and O–H groups in total. The molecule has 0 aromatic carbocycles. The zero-order chi connectivity index (χ0) is 17.4. The molecule has 2 aliphatic rings. The van der Waals surface area contributed by atoms with Crippen LogP contribution in [0.4, 0.5) is 0 Å². The highest BCUT2D eigenvalue weighted by atomic mass is 16.4. The molecule has 2 aliphatic carbocycles. The molecule has 2 saturated carbocycles. The van der Waals surface area contributed by atoms with Crippen LogP contribution in [0.3, 0.4) is 0 Å². The van der Waals surface area contributed by atoms with E-state index in [9.17, 15) is 14.7 Å². The molecule has 2 rings (SSSR count). The largest absolute Gasteiger partial charge is 0.481 e. The first-order chi connectivity index (χ1) is 10.6. The summed E-state index contributed by atoms with van der Waals surface area (Å²) in [4.78, 5) is 24.3. The lowest BCUT2D eigenvalue weighted by molar-refractivity contribution is -0.168. The highest BCUT2D eigenvalue weighted by Crippen LogP contribution is 2.61. The number of hydrogen-bond donors (Lipinski definition) is 1. The van der Waals surface area contributed by atoms with Crippen LogP contribution in [0, 0.1) is 22.7 Å². The van der Waals surface area contributed by atoms with Gasteiger partial charge < -0.3 is 5.11 Å². The molecule has 0 aromatic rings. The van der Waals surface area contributed by atoms with Gasteiger partial charge in [-0.3, -0.25) is 9.59 Å². The van der Waals surface area contributed by atoms with E-state index in [0.29, 0.717) is 6.42 Å². The Morgan fingerprint density at radius 1 is 1.39 bits per heavy atom. The Morgan fingerprint density at radius 3 is 2.61 bits per heavy atom. The van der Waals surface area contributed by atoms with Gasteiger partial charge in [-0.05, 0) is 50.4 Å². The smallest absolute Gasteiger partial charge is 0.310 e. The Bertz CT molecular complexity index is 586. The average Bonchev–Trinajstić information content (AvgIpc) is 2.44. The first kappa shape index (κ1) is 17.7. The summed E-state index contributed by atoms with van der Waals surface area (Å²) in [7, 11) is 0. The predicted molar refractivity (Wildman–Crippen MR) is 92.0 cm³/mol. The maximum atomic E-state index is 12.4. The van der Waals surface area contributed by atoms with Gasteiger partial charge in [0.05, 0.1) is 5.41 Å². The van der Waals surface area contributed by atoms with Gasteiger partial charge in [0.1, 0.15) is 5.78 Å². The molecule has 0 saturated heterocycles. The van der Waals surface area contributed by atoms with Crippen molar-refractivity contribution in [3.63, 3.8) is 0 Å². The monoisotopic (exact) mass is 316 g/mol. The summed E-state index contributed by atoms with van der Waals surface area (Å²) in [6.07, 6.45) is 7.03. The minimum Gasteiger partial charge on any atom is -0.481 e. The van der Waals surface area contributed by atoms with E-state index < -0.39 is 11.4 Å². The third kappa shape index (κ3) is 2.93. The first-order valence-electron chi connectivity index (χ1n) is 8.37. The quantitative estimate of drug-likeness (QED) is 0.611. The zero-order valence-electron chi connectivity index (χ0n) is 14.5. The van der Waals surface area contributed by atoms with Crippen LogP contribution in [0.1, 0.15) is 52.9 Å². The second-order valence-corrected chi connectivity index (χ2v) is 7.81.